The zero-order chi connectivity index (χ0) is 11.9. The van der Waals surface area contributed by atoms with Crippen molar-refractivity contribution in [1.29, 1.82) is 0 Å². The van der Waals surface area contributed by atoms with Crippen LogP contribution in [0, 0.1) is 0 Å². The van der Waals surface area contributed by atoms with Crippen molar-refractivity contribution in [1.82, 2.24) is 14.6 Å². The Bertz CT molecular complexity index is 523. The van der Waals surface area contributed by atoms with Crippen molar-refractivity contribution in [2.75, 3.05) is 0 Å². The average molecular weight is 238 g/mol. The highest BCUT2D eigenvalue weighted by atomic mass is 35.5. The molecule has 0 aliphatic rings. The van der Waals surface area contributed by atoms with Crippen LogP contribution >= 0.6 is 11.6 Å². The van der Waals surface area contributed by atoms with Crippen LogP contribution in [-0.2, 0) is 11.8 Å². The SMILES string of the molecule is CCc1cnn2c(Cl)cc(C(C)(C)C)nc12. The first kappa shape index (κ1) is 11.4. The minimum Gasteiger partial charge on any atom is -0.233 e. The van der Waals surface area contributed by atoms with Crippen LogP contribution in [0.3, 0.4) is 0 Å². The summed E-state index contributed by atoms with van der Waals surface area (Å²) < 4.78 is 1.69. The summed E-state index contributed by atoms with van der Waals surface area (Å²) in [7, 11) is 0. The normalized spacial score (nSPS) is 12.3. The van der Waals surface area contributed by atoms with Crippen LogP contribution in [-0.4, -0.2) is 14.6 Å². The van der Waals surface area contributed by atoms with E-state index < -0.39 is 0 Å². The van der Waals surface area contributed by atoms with E-state index in [1.54, 1.807) is 4.52 Å². The fraction of sp³-hybridized carbons (Fsp3) is 0.500. The summed E-state index contributed by atoms with van der Waals surface area (Å²) in [6.45, 7) is 8.48. The molecule has 0 bridgehead atoms. The molecule has 0 aromatic carbocycles. The highest BCUT2D eigenvalue weighted by molar-refractivity contribution is 6.29. The van der Waals surface area contributed by atoms with E-state index in [-0.39, 0.29) is 5.41 Å². The molecule has 0 saturated carbocycles. The minimum atomic E-state index is 0.000666. The number of halogens is 1. The lowest BCUT2D eigenvalue weighted by molar-refractivity contribution is 0.568. The summed E-state index contributed by atoms with van der Waals surface area (Å²) in [6, 6.07) is 1.89. The predicted octanol–water partition coefficient (Wildman–Crippen LogP) is 3.24. The Labute approximate surface area is 100 Å². The van der Waals surface area contributed by atoms with Gasteiger partial charge in [0.05, 0.1) is 11.9 Å². The lowest BCUT2D eigenvalue weighted by atomic mass is 9.92. The molecule has 0 radical (unpaired) electrons. The molecule has 0 amide bonds. The average Bonchev–Trinajstić information content (AvgIpc) is 2.59. The Morgan fingerprint density at radius 1 is 1.38 bits per heavy atom. The molecule has 0 unspecified atom stereocenters. The second-order valence-corrected chi connectivity index (χ2v) is 5.36. The first-order valence-corrected chi connectivity index (χ1v) is 5.85. The lowest BCUT2D eigenvalue weighted by Gasteiger charge is -2.18. The predicted molar refractivity (Wildman–Crippen MR) is 66.1 cm³/mol. The Morgan fingerprint density at radius 3 is 2.62 bits per heavy atom. The van der Waals surface area contributed by atoms with Crippen molar-refractivity contribution in [3.05, 3.63) is 28.7 Å². The van der Waals surface area contributed by atoms with Crippen LogP contribution in [0.4, 0.5) is 0 Å². The van der Waals surface area contributed by atoms with E-state index in [1.165, 1.54) is 0 Å². The lowest BCUT2D eigenvalue weighted by Crippen LogP contribution is -2.14. The number of hydrogen-bond donors (Lipinski definition) is 0. The van der Waals surface area contributed by atoms with Gasteiger partial charge in [-0.25, -0.2) is 9.50 Å². The van der Waals surface area contributed by atoms with Gasteiger partial charge in [0, 0.05) is 11.0 Å². The number of hydrogen-bond acceptors (Lipinski definition) is 2. The van der Waals surface area contributed by atoms with Gasteiger partial charge in [0.1, 0.15) is 5.15 Å². The molecule has 0 N–H and O–H groups in total. The van der Waals surface area contributed by atoms with Gasteiger partial charge in [-0.3, -0.25) is 0 Å². The van der Waals surface area contributed by atoms with Gasteiger partial charge in [-0.1, -0.05) is 39.3 Å². The second-order valence-electron chi connectivity index (χ2n) is 4.97. The summed E-state index contributed by atoms with van der Waals surface area (Å²) in [5.74, 6) is 0. The third-order valence-electron chi connectivity index (χ3n) is 2.65. The van der Waals surface area contributed by atoms with E-state index in [2.05, 4.69) is 37.8 Å². The number of nitrogens with zero attached hydrogens (tertiary/aromatic N) is 3. The largest absolute Gasteiger partial charge is 0.233 e. The van der Waals surface area contributed by atoms with Gasteiger partial charge in [-0.15, -0.1) is 0 Å². The summed E-state index contributed by atoms with van der Waals surface area (Å²) in [4.78, 5) is 4.65. The molecular weight excluding hydrogens is 222 g/mol. The Hall–Kier alpha value is -1.09. The highest BCUT2D eigenvalue weighted by Crippen LogP contribution is 2.25. The minimum absolute atomic E-state index is 0.000666. The molecule has 4 heteroatoms. The maximum absolute atomic E-state index is 6.20. The molecule has 2 aromatic rings. The molecule has 16 heavy (non-hydrogen) atoms. The van der Waals surface area contributed by atoms with Crippen LogP contribution in [0.2, 0.25) is 5.15 Å². The van der Waals surface area contributed by atoms with Crippen molar-refractivity contribution < 1.29 is 0 Å². The molecule has 0 atom stereocenters. The molecule has 3 nitrogen and oxygen atoms in total. The van der Waals surface area contributed by atoms with E-state index >= 15 is 0 Å². The first-order chi connectivity index (χ1) is 7.43. The van der Waals surface area contributed by atoms with Crippen molar-refractivity contribution in [2.24, 2.45) is 0 Å². The van der Waals surface area contributed by atoms with Crippen molar-refractivity contribution in [2.45, 2.75) is 39.5 Å². The second kappa shape index (κ2) is 3.74. The van der Waals surface area contributed by atoms with Crippen LogP contribution < -0.4 is 0 Å². The van der Waals surface area contributed by atoms with Crippen LogP contribution in [0.25, 0.3) is 5.65 Å². The Morgan fingerprint density at radius 2 is 2.06 bits per heavy atom. The van der Waals surface area contributed by atoms with E-state index in [0.29, 0.717) is 5.15 Å². The van der Waals surface area contributed by atoms with Crippen molar-refractivity contribution in [3.63, 3.8) is 0 Å². The zero-order valence-corrected chi connectivity index (χ0v) is 10.8. The number of rotatable bonds is 1. The fourth-order valence-electron chi connectivity index (χ4n) is 1.61. The fourth-order valence-corrected chi connectivity index (χ4v) is 1.83. The van der Waals surface area contributed by atoms with Crippen LogP contribution in [0.1, 0.15) is 39.0 Å². The van der Waals surface area contributed by atoms with E-state index in [9.17, 15) is 0 Å². The zero-order valence-electron chi connectivity index (χ0n) is 10.1. The smallest absolute Gasteiger partial charge is 0.160 e. The van der Waals surface area contributed by atoms with Crippen LogP contribution in [0.5, 0.6) is 0 Å². The van der Waals surface area contributed by atoms with Crippen LogP contribution in [0.15, 0.2) is 12.3 Å². The number of aromatic nitrogens is 3. The third-order valence-corrected chi connectivity index (χ3v) is 2.92. The molecule has 0 aliphatic heterocycles. The molecular formula is C12H16ClN3. The molecule has 86 valence electrons. The molecule has 0 saturated heterocycles. The quantitative estimate of drug-likeness (QED) is 0.713. The van der Waals surface area contributed by atoms with Gasteiger partial charge >= 0.3 is 0 Å². The highest BCUT2D eigenvalue weighted by Gasteiger charge is 2.18. The summed E-state index contributed by atoms with van der Waals surface area (Å²) in [5.41, 5.74) is 3.01. The summed E-state index contributed by atoms with van der Waals surface area (Å²) in [5, 5.41) is 4.85. The maximum atomic E-state index is 6.20. The summed E-state index contributed by atoms with van der Waals surface area (Å²) in [6.07, 6.45) is 2.75. The first-order valence-electron chi connectivity index (χ1n) is 5.47. The molecule has 2 aromatic heterocycles. The van der Waals surface area contributed by atoms with E-state index in [4.69, 9.17) is 11.6 Å². The molecule has 0 fully saturated rings. The monoisotopic (exact) mass is 237 g/mol. The van der Waals surface area contributed by atoms with Crippen molar-refractivity contribution >= 4 is 17.2 Å². The standard InChI is InChI=1S/C12H16ClN3/c1-5-8-7-14-16-10(13)6-9(12(2,3)4)15-11(8)16/h6-7H,5H2,1-4H3. The maximum Gasteiger partial charge on any atom is 0.160 e. The molecule has 0 aliphatic carbocycles. The Balaban J connectivity index is 2.73. The van der Waals surface area contributed by atoms with Crippen molar-refractivity contribution in [3.8, 4) is 0 Å². The number of aryl methyl sites for hydroxylation is 1. The topological polar surface area (TPSA) is 30.2 Å². The molecule has 2 heterocycles. The van der Waals surface area contributed by atoms with Gasteiger partial charge < -0.3 is 0 Å². The van der Waals surface area contributed by atoms with Gasteiger partial charge in [-0.2, -0.15) is 5.10 Å². The van der Waals surface area contributed by atoms with Gasteiger partial charge in [0.2, 0.25) is 0 Å². The van der Waals surface area contributed by atoms with Gasteiger partial charge in [0.25, 0.3) is 0 Å². The molecule has 2 rings (SSSR count). The van der Waals surface area contributed by atoms with Gasteiger partial charge in [-0.05, 0) is 12.5 Å². The van der Waals surface area contributed by atoms with E-state index in [1.807, 2.05) is 12.3 Å². The summed E-state index contributed by atoms with van der Waals surface area (Å²) >= 11 is 6.20. The number of fused-ring (bicyclic) bond motifs is 1. The third kappa shape index (κ3) is 1.80. The van der Waals surface area contributed by atoms with E-state index in [0.717, 1.165) is 23.3 Å². The Kier molecular flexibility index (Phi) is 2.66. The van der Waals surface area contributed by atoms with Gasteiger partial charge in [0.15, 0.2) is 5.65 Å². The molecule has 0 spiro atoms.